The van der Waals surface area contributed by atoms with Crippen LogP contribution in [-0.4, -0.2) is 56.5 Å². The summed E-state index contributed by atoms with van der Waals surface area (Å²) >= 11 is 0. The molecule has 0 aliphatic carbocycles. The summed E-state index contributed by atoms with van der Waals surface area (Å²) in [5.74, 6) is 0.501. The number of aromatic nitrogens is 4. The van der Waals surface area contributed by atoms with Crippen molar-refractivity contribution in [3.05, 3.63) is 114 Å². The maximum atomic E-state index is 13.8. The van der Waals surface area contributed by atoms with Crippen LogP contribution in [0.15, 0.2) is 96.4 Å². The van der Waals surface area contributed by atoms with Gasteiger partial charge in [0.25, 0.3) is 5.91 Å². The highest BCUT2D eigenvalue weighted by molar-refractivity contribution is 6.07. The Hall–Kier alpha value is -6.11. The molecule has 264 valence electrons. The fraction of sp³-hybridized carbons (Fsp3) is 0.289. The van der Waals surface area contributed by atoms with Crippen molar-refractivity contribution in [3.63, 3.8) is 0 Å². The number of aryl methyl sites for hydroxylation is 1. The second-order valence-electron chi connectivity index (χ2n) is 11.8. The molecule has 2 amide bonds. The second kappa shape index (κ2) is 18.0. The van der Waals surface area contributed by atoms with Crippen molar-refractivity contribution in [1.29, 1.82) is 0 Å². The number of anilines is 2. The van der Waals surface area contributed by atoms with E-state index in [4.69, 9.17) is 20.2 Å². The number of aliphatic imine (C=N–C) groups is 1. The zero-order chi connectivity index (χ0) is 36.0. The predicted octanol–water partition coefficient (Wildman–Crippen LogP) is 6.18. The topological polar surface area (TPSA) is 167 Å². The summed E-state index contributed by atoms with van der Waals surface area (Å²) in [6.45, 7) is 3.04. The second-order valence-corrected chi connectivity index (χ2v) is 11.8. The molecular weight excluding hydrogens is 648 g/mol. The van der Waals surface area contributed by atoms with E-state index in [9.17, 15) is 14.4 Å². The third kappa shape index (κ3) is 10.2. The number of esters is 1. The zero-order valence-corrected chi connectivity index (χ0v) is 28.8. The van der Waals surface area contributed by atoms with Gasteiger partial charge in [-0.1, -0.05) is 38.3 Å². The van der Waals surface area contributed by atoms with Gasteiger partial charge in [-0.2, -0.15) is 4.99 Å². The lowest BCUT2D eigenvalue weighted by Crippen LogP contribution is -2.34. The zero-order valence-electron chi connectivity index (χ0n) is 28.8. The third-order valence-electron chi connectivity index (χ3n) is 8.12. The van der Waals surface area contributed by atoms with E-state index >= 15 is 0 Å². The number of carbonyl (C=O) groups excluding carboxylic acids is 3. The number of nitrogens with two attached hydrogens (primary N) is 1. The molecule has 0 bridgehead atoms. The fourth-order valence-corrected chi connectivity index (χ4v) is 5.28. The highest BCUT2D eigenvalue weighted by Crippen LogP contribution is 2.21. The molecule has 5 aromatic rings. The number of rotatable bonds is 16. The smallest absolute Gasteiger partial charge is 0.435 e. The molecule has 0 saturated carbocycles. The number of nitrogens with zero attached hydrogens (tertiary/aromatic N) is 6. The van der Waals surface area contributed by atoms with Crippen LogP contribution in [0, 0.1) is 0 Å². The van der Waals surface area contributed by atoms with Gasteiger partial charge in [0.15, 0.2) is 0 Å². The van der Waals surface area contributed by atoms with Crippen LogP contribution in [-0.2, 0) is 34.5 Å². The minimum atomic E-state index is -0.695. The number of carbonyl (C=O) groups is 3. The number of hydrogen-bond acceptors (Lipinski definition) is 9. The minimum Gasteiger partial charge on any atom is -0.461 e. The van der Waals surface area contributed by atoms with Crippen LogP contribution in [0.4, 0.5) is 16.3 Å². The largest absolute Gasteiger partial charge is 0.461 e. The van der Waals surface area contributed by atoms with Crippen molar-refractivity contribution < 1.29 is 23.9 Å². The quantitative estimate of drug-likeness (QED) is 0.0528. The molecule has 13 nitrogen and oxygen atoms in total. The van der Waals surface area contributed by atoms with E-state index in [0.717, 1.165) is 48.3 Å². The van der Waals surface area contributed by atoms with Gasteiger partial charge >= 0.3 is 12.1 Å². The molecule has 0 atom stereocenters. The van der Waals surface area contributed by atoms with Crippen LogP contribution < -0.4 is 16.0 Å². The van der Waals surface area contributed by atoms with Crippen molar-refractivity contribution in [2.75, 3.05) is 23.4 Å². The molecule has 5 rings (SSSR count). The van der Waals surface area contributed by atoms with Crippen LogP contribution in [0.3, 0.4) is 0 Å². The van der Waals surface area contributed by atoms with Crippen molar-refractivity contribution >= 4 is 46.3 Å². The molecule has 0 saturated heterocycles. The SMILES string of the molecule is CCCCCCOC(=O)/N=C(\N)c1ccc(NCc2nc3cc(C(=O)N(CCC(=O)OCc4cccnc4)c4ccccn4)ccc3n2C)cc1. The molecule has 0 fully saturated rings. The van der Waals surface area contributed by atoms with Crippen molar-refractivity contribution in [2.45, 2.75) is 52.2 Å². The normalized spacial score (nSPS) is 11.3. The summed E-state index contributed by atoms with van der Waals surface area (Å²) in [6.07, 6.45) is 8.19. The Labute approximate surface area is 296 Å². The first kappa shape index (κ1) is 36.2. The van der Waals surface area contributed by atoms with Crippen molar-refractivity contribution in [2.24, 2.45) is 17.8 Å². The average Bonchev–Trinajstić information content (AvgIpc) is 3.48. The first-order valence-electron chi connectivity index (χ1n) is 16.9. The molecular formula is C38H42N8O5. The summed E-state index contributed by atoms with van der Waals surface area (Å²) < 4.78 is 12.5. The van der Waals surface area contributed by atoms with Gasteiger partial charge in [0.2, 0.25) is 0 Å². The van der Waals surface area contributed by atoms with Gasteiger partial charge in [0.1, 0.15) is 24.1 Å². The van der Waals surface area contributed by atoms with Gasteiger partial charge < -0.3 is 25.1 Å². The summed E-state index contributed by atoms with van der Waals surface area (Å²) in [5, 5.41) is 3.35. The molecule has 0 aliphatic rings. The summed E-state index contributed by atoms with van der Waals surface area (Å²) in [4.78, 5) is 56.9. The summed E-state index contributed by atoms with van der Waals surface area (Å²) in [5.41, 5.74) is 10.1. The molecule has 3 heterocycles. The predicted molar refractivity (Wildman–Crippen MR) is 195 cm³/mol. The first-order valence-corrected chi connectivity index (χ1v) is 16.9. The standard InChI is InChI=1S/C38H42N8O5/c1-3-4-5-8-22-50-38(49)44-36(39)28-12-15-30(16-13-28)42-25-34-43-31-23-29(14-17-32(31)45(34)2)37(48)46(33-11-6-7-20-41-33)21-18-35(47)51-26-27-10-9-19-40-24-27/h6-7,9-17,19-20,23-24,42H,3-5,8,18,21-22,25-26H2,1-2H3,(H2,39,44,49). The highest BCUT2D eigenvalue weighted by atomic mass is 16.5. The van der Waals surface area contributed by atoms with Gasteiger partial charge in [0.05, 0.1) is 30.6 Å². The van der Waals surface area contributed by atoms with Gasteiger partial charge in [-0.15, -0.1) is 0 Å². The Morgan fingerprint density at radius 3 is 2.51 bits per heavy atom. The van der Waals surface area contributed by atoms with E-state index in [2.05, 4.69) is 27.2 Å². The molecule has 0 aliphatic heterocycles. The Balaban J connectivity index is 1.21. The lowest BCUT2D eigenvalue weighted by molar-refractivity contribution is -0.144. The van der Waals surface area contributed by atoms with Crippen LogP contribution in [0.1, 0.15) is 66.3 Å². The number of pyridine rings is 2. The van der Waals surface area contributed by atoms with Gasteiger partial charge in [-0.3, -0.25) is 19.5 Å². The van der Waals surface area contributed by atoms with E-state index in [1.54, 1.807) is 67.1 Å². The van der Waals surface area contributed by atoms with Crippen LogP contribution in [0.25, 0.3) is 11.0 Å². The molecule has 0 unspecified atom stereocenters. The fourth-order valence-electron chi connectivity index (χ4n) is 5.28. The Kier molecular flexibility index (Phi) is 12.8. The molecule has 0 spiro atoms. The number of hydrogen-bond donors (Lipinski definition) is 2. The lowest BCUT2D eigenvalue weighted by Gasteiger charge is -2.21. The van der Waals surface area contributed by atoms with Crippen LogP contribution >= 0.6 is 0 Å². The molecule has 51 heavy (non-hydrogen) atoms. The lowest BCUT2D eigenvalue weighted by atomic mass is 10.1. The van der Waals surface area contributed by atoms with Gasteiger partial charge in [-0.05, 0) is 67.1 Å². The average molecular weight is 691 g/mol. The highest BCUT2D eigenvalue weighted by Gasteiger charge is 2.22. The monoisotopic (exact) mass is 690 g/mol. The van der Waals surface area contributed by atoms with Crippen molar-refractivity contribution in [3.8, 4) is 0 Å². The number of fused-ring (bicyclic) bond motifs is 1. The number of benzene rings is 2. The third-order valence-corrected chi connectivity index (χ3v) is 8.12. The molecule has 13 heteroatoms. The minimum absolute atomic E-state index is 0.0175. The Bertz CT molecular complexity index is 1950. The van der Waals surface area contributed by atoms with Gasteiger partial charge in [-0.25, -0.2) is 14.8 Å². The van der Waals surface area contributed by atoms with E-state index in [1.807, 2.05) is 35.9 Å². The van der Waals surface area contributed by atoms with Crippen LogP contribution in [0.5, 0.6) is 0 Å². The number of unbranched alkanes of at least 4 members (excludes halogenated alkanes) is 3. The van der Waals surface area contributed by atoms with Crippen LogP contribution in [0.2, 0.25) is 0 Å². The number of amidine groups is 1. The maximum Gasteiger partial charge on any atom is 0.435 e. The summed E-state index contributed by atoms with van der Waals surface area (Å²) in [6, 6.07) is 21.4. The molecule has 2 aromatic carbocycles. The van der Waals surface area contributed by atoms with E-state index in [0.29, 0.717) is 35.6 Å². The van der Waals surface area contributed by atoms with E-state index < -0.39 is 12.1 Å². The number of imidazole rings is 1. The van der Waals surface area contributed by atoms with E-state index in [-0.39, 0.29) is 31.3 Å². The molecule has 3 aromatic heterocycles. The Morgan fingerprint density at radius 2 is 1.76 bits per heavy atom. The number of ether oxygens (including phenoxy) is 2. The number of amides is 2. The van der Waals surface area contributed by atoms with Gasteiger partial charge in [0, 0.05) is 54.6 Å². The van der Waals surface area contributed by atoms with Crippen molar-refractivity contribution in [1.82, 2.24) is 19.5 Å². The maximum absolute atomic E-state index is 13.8. The molecule has 3 N–H and O–H groups in total. The molecule has 0 radical (unpaired) electrons. The number of nitrogens with one attached hydrogen (secondary N) is 1. The van der Waals surface area contributed by atoms with E-state index in [1.165, 1.54) is 4.90 Å². The summed E-state index contributed by atoms with van der Waals surface area (Å²) in [7, 11) is 1.91. The first-order chi connectivity index (χ1) is 24.8. The Morgan fingerprint density at radius 1 is 0.941 bits per heavy atom.